The summed E-state index contributed by atoms with van der Waals surface area (Å²) in [5, 5.41) is 4.11. The van der Waals surface area contributed by atoms with Crippen molar-refractivity contribution in [1.82, 2.24) is 4.98 Å². The average molecular weight is 513 g/mol. The van der Waals surface area contributed by atoms with Crippen LogP contribution >= 0.6 is 0 Å². The molecular weight excluding hydrogens is 492 g/mol. The third kappa shape index (κ3) is 3.94. The van der Waals surface area contributed by atoms with E-state index in [0.29, 0.717) is 38.7 Å². The van der Waals surface area contributed by atoms with Gasteiger partial charge in [0.2, 0.25) is 0 Å². The summed E-state index contributed by atoms with van der Waals surface area (Å²) in [7, 11) is -3.94. The summed E-state index contributed by atoms with van der Waals surface area (Å²) in [5.41, 5.74) is 1.78. The van der Waals surface area contributed by atoms with Gasteiger partial charge in [0.1, 0.15) is 0 Å². The lowest BCUT2D eigenvalue weighted by Gasteiger charge is -2.13. The molecule has 0 radical (unpaired) electrons. The lowest BCUT2D eigenvalue weighted by molar-refractivity contribution is 0.331. The van der Waals surface area contributed by atoms with Crippen LogP contribution in [0.4, 0.5) is 5.69 Å². The number of benzene rings is 5. The second-order valence-electron chi connectivity index (χ2n) is 8.49. The molecule has 0 amide bonds. The Bertz CT molecular complexity index is 2050. The van der Waals surface area contributed by atoms with Crippen LogP contribution in [-0.4, -0.2) is 26.6 Å². The molecule has 0 saturated carbocycles. The zero-order valence-corrected chi connectivity index (χ0v) is 20.2. The maximum absolute atomic E-state index is 13.6. The molecule has 0 spiro atoms. The Balaban J connectivity index is 1.48. The predicted octanol–water partition coefficient (Wildman–Crippen LogP) is 4.76. The molecule has 37 heavy (non-hydrogen) atoms. The first-order valence-electron chi connectivity index (χ1n) is 11.6. The van der Waals surface area contributed by atoms with Gasteiger partial charge in [-0.15, -0.1) is 0 Å². The second-order valence-corrected chi connectivity index (χ2v) is 10.1. The fraction of sp³-hybridized carbons (Fsp3) is 0.0714. The van der Waals surface area contributed by atoms with E-state index in [1.807, 2.05) is 18.2 Å². The maximum atomic E-state index is 13.6. The second kappa shape index (κ2) is 8.88. The number of para-hydroxylation sites is 2. The lowest BCUT2D eigenvalue weighted by atomic mass is 9.99. The molecule has 9 heteroatoms. The highest BCUT2D eigenvalue weighted by atomic mass is 32.2. The van der Waals surface area contributed by atoms with Crippen molar-refractivity contribution in [2.45, 2.75) is 4.90 Å². The topological polar surface area (TPSA) is 118 Å². The summed E-state index contributed by atoms with van der Waals surface area (Å²) in [6.07, 6.45) is 0. The Labute approximate surface area is 210 Å². The third-order valence-corrected chi connectivity index (χ3v) is 7.54. The van der Waals surface area contributed by atoms with E-state index in [1.165, 1.54) is 12.1 Å². The van der Waals surface area contributed by atoms with Gasteiger partial charge in [0.15, 0.2) is 22.0 Å². The van der Waals surface area contributed by atoms with E-state index in [4.69, 9.17) is 8.60 Å². The van der Waals surface area contributed by atoms with Crippen molar-refractivity contribution in [1.29, 1.82) is 0 Å². The highest BCUT2D eigenvalue weighted by Crippen LogP contribution is 2.31. The number of aromatic amines is 1. The summed E-state index contributed by atoms with van der Waals surface area (Å²) >= 11 is 0. The maximum Gasteiger partial charge on any atom is 0.297 e. The van der Waals surface area contributed by atoms with Crippen LogP contribution in [0.25, 0.3) is 43.7 Å². The van der Waals surface area contributed by atoms with Crippen LogP contribution in [0.1, 0.15) is 0 Å². The Morgan fingerprint density at radius 2 is 1.43 bits per heavy atom. The molecule has 1 heterocycles. The molecular formula is C28H20N2O6S. The fourth-order valence-corrected chi connectivity index (χ4v) is 5.45. The van der Waals surface area contributed by atoms with Crippen LogP contribution in [0.2, 0.25) is 0 Å². The van der Waals surface area contributed by atoms with E-state index in [2.05, 4.69) is 10.3 Å². The highest BCUT2D eigenvalue weighted by Gasteiger charge is 2.19. The van der Waals surface area contributed by atoms with Gasteiger partial charge in [-0.1, -0.05) is 54.6 Å². The molecule has 0 aliphatic rings. The summed E-state index contributed by atoms with van der Waals surface area (Å²) in [6, 6.07) is 23.4. The Morgan fingerprint density at radius 1 is 0.784 bits per heavy atom. The van der Waals surface area contributed by atoms with Crippen molar-refractivity contribution in [2.24, 2.45) is 0 Å². The lowest BCUT2D eigenvalue weighted by Crippen LogP contribution is -2.18. The van der Waals surface area contributed by atoms with Gasteiger partial charge in [0.25, 0.3) is 10.1 Å². The van der Waals surface area contributed by atoms with Crippen molar-refractivity contribution in [3.05, 3.63) is 105 Å². The Kier molecular flexibility index (Phi) is 5.51. The van der Waals surface area contributed by atoms with Gasteiger partial charge in [-0.25, -0.2) is 0 Å². The van der Waals surface area contributed by atoms with Crippen LogP contribution in [0.5, 0.6) is 0 Å². The molecule has 6 rings (SSSR count). The van der Waals surface area contributed by atoms with Crippen LogP contribution in [-0.2, 0) is 14.3 Å². The number of hydrogen-bond acceptors (Lipinski definition) is 7. The quantitative estimate of drug-likeness (QED) is 0.143. The molecule has 2 N–H and O–H groups in total. The molecule has 0 aliphatic carbocycles. The van der Waals surface area contributed by atoms with E-state index >= 15 is 0 Å². The summed E-state index contributed by atoms with van der Waals surface area (Å²) in [4.78, 5) is 30.5. The van der Waals surface area contributed by atoms with E-state index < -0.39 is 10.1 Å². The first-order chi connectivity index (χ1) is 17.9. The van der Waals surface area contributed by atoms with Crippen LogP contribution < -0.4 is 16.2 Å². The summed E-state index contributed by atoms with van der Waals surface area (Å²) in [6.45, 7) is -0.131. The minimum Gasteiger partial charge on any atom is -0.453 e. The van der Waals surface area contributed by atoms with E-state index in [-0.39, 0.29) is 39.7 Å². The van der Waals surface area contributed by atoms with Crippen molar-refractivity contribution in [3.8, 4) is 0 Å². The van der Waals surface area contributed by atoms with Gasteiger partial charge in [-0.3, -0.25) is 13.8 Å². The Morgan fingerprint density at radius 3 is 2.19 bits per heavy atom. The normalized spacial score (nSPS) is 12.0. The van der Waals surface area contributed by atoms with Gasteiger partial charge < -0.3 is 14.7 Å². The molecule has 0 unspecified atom stereocenters. The van der Waals surface area contributed by atoms with Crippen LogP contribution in [0, 0.1) is 0 Å². The smallest absolute Gasteiger partial charge is 0.297 e. The summed E-state index contributed by atoms with van der Waals surface area (Å²) < 4.78 is 36.1. The van der Waals surface area contributed by atoms with Crippen molar-refractivity contribution >= 4 is 59.5 Å². The molecule has 184 valence electrons. The minimum atomic E-state index is -3.94. The SMILES string of the molecule is O=c1c2ccccc2c(=O)c2c1c(NCCOS(=O)(=O)c1ccccc1)cc1oc3ccccc3[nH]c12. The zero-order chi connectivity index (χ0) is 25.6. The first kappa shape index (κ1) is 23.0. The summed E-state index contributed by atoms with van der Waals surface area (Å²) in [5.74, 6) is 0. The minimum absolute atomic E-state index is 0.0525. The largest absolute Gasteiger partial charge is 0.453 e. The molecule has 5 aromatic carbocycles. The zero-order valence-electron chi connectivity index (χ0n) is 19.4. The van der Waals surface area contributed by atoms with Crippen molar-refractivity contribution in [2.75, 3.05) is 18.5 Å². The van der Waals surface area contributed by atoms with Crippen molar-refractivity contribution in [3.63, 3.8) is 0 Å². The molecule has 8 nitrogen and oxygen atoms in total. The third-order valence-electron chi connectivity index (χ3n) is 6.22. The monoisotopic (exact) mass is 512 g/mol. The van der Waals surface area contributed by atoms with Gasteiger partial charge in [0, 0.05) is 23.4 Å². The number of aromatic nitrogens is 1. The highest BCUT2D eigenvalue weighted by molar-refractivity contribution is 7.86. The molecule has 1 aromatic heterocycles. The molecule has 0 aliphatic heterocycles. The number of rotatable bonds is 6. The number of H-pyrrole nitrogens is 1. The molecule has 0 bridgehead atoms. The first-order valence-corrected chi connectivity index (χ1v) is 13.0. The molecule has 0 atom stereocenters. The van der Waals surface area contributed by atoms with E-state index in [9.17, 15) is 18.0 Å². The van der Waals surface area contributed by atoms with Gasteiger partial charge in [-0.2, -0.15) is 8.42 Å². The van der Waals surface area contributed by atoms with E-state index in [0.717, 1.165) is 0 Å². The molecule has 0 saturated heterocycles. The standard InChI is InChI=1S/C28H20N2O6S/c31-27-18-10-4-5-11-19(18)28(32)25-24(27)21(16-23-26(25)30-20-12-6-7-13-22(20)36-23)29-14-15-35-37(33,34)17-8-2-1-3-9-17/h1-13,16,29-30H,14-15H2. The fourth-order valence-electron chi connectivity index (χ4n) is 4.52. The van der Waals surface area contributed by atoms with Gasteiger partial charge in [0.05, 0.1) is 39.0 Å². The van der Waals surface area contributed by atoms with E-state index in [1.54, 1.807) is 54.6 Å². The van der Waals surface area contributed by atoms with Crippen LogP contribution in [0.3, 0.4) is 0 Å². The number of fused-ring (bicyclic) bond motifs is 5. The molecule has 6 aromatic rings. The number of nitrogens with one attached hydrogen (secondary N) is 2. The Hall–Kier alpha value is -4.47. The van der Waals surface area contributed by atoms with Crippen molar-refractivity contribution < 1.29 is 17.0 Å². The number of hydrogen-bond donors (Lipinski definition) is 2. The number of anilines is 1. The van der Waals surface area contributed by atoms with Gasteiger partial charge in [-0.05, 0) is 24.3 Å². The average Bonchev–Trinajstić information content (AvgIpc) is 2.93. The predicted molar refractivity (Wildman–Crippen MR) is 144 cm³/mol. The molecule has 0 fully saturated rings. The van der Waals surface area contributed by atoms with Gasteiger partial charge >= 0.3 is 0 Å². The van der Waals surface area contributed by atoms with Crippen LogP contribution in [0.15, 0.2) is 104 Å².